The Morgan fingerprint density at radius 3 is 2.26 bits per heavy atom. The number of ketones is 2. The SMILES string of the molecule is C[Si]1(C)c2ccccc2N2c3[se]c(C=C4C(=O)c5ccccc5C4=O)cc3Cc3cccc1c32. The molecule has 3 aliphatic rings. The van der Waals surface area contributed by atoms with E-state index in [2.05, 4.69) is 66.5 Å². The number of carbonyl (C=O) groups is 2. The number of fused-ring (bicyclic) bond motifs is 5. The van der Waals surface area contributed by atoms with E-state index in [1.165, 1.54) is 37.4 Å². The summed E-state index contributed by atoms with van der Waals surface area (Å²) < 4.78 is 2.43. The van der Waals surface area contributed by atoms with E-state index in [-0.39, 0.29) is 26.1 Å². The molecule has 1 aromatic heterocycles. The predicted octanol–water partition coefficient (Wildman–Crippen LogP) is 4.72. The van der Waals surface area contributed by atoms with E-state index in [1.54, 1.807) is 12.1 Å². The van der Waals surface area contributed by atoms with Crippen LogP contribution in [0.4, 0.5) is 15.9 Å². The molecule has 0 fully saturated rings. The quantitative estimate of drug-likeness (QED) is 0.182. The van der Waals surface area contributed by atoms with Gasteiger partial charge >= 0.3 is 206 Å². The number of anilines is 3. The fourth-order valence-electron chi connectivity index (χ4n) is 5.75. The van der Waals surface area contributed by atoms with Gasteiger partial charge in [-0.25, -0.2) is 0 Å². The number of hydrogen-bond donors (Lipinski definition) is 0. The van der Waals surface area contributed by atoms with Crippen LogP contribution < -0.4 is 15.3 Å². The molecule has 4 aromatic rings. The summed E-state index contributed by atoms with van der Waals surface area (Å²) in [7, 11) is -1.81. The Morgan fingerprint density at radius 1 is 0.824 bits per heavy atom. The van der Waals surface area contributed by atoms with E-state index < -0.39 is 8.07 Å². The Balaban J connectivity index is 1.40. The molecule has 0 saturated heterocycles. The molecular formula is C29H21NO2SeSi. The van der Waals surface area contributed by atoms with Gasteiger partial charge < -0.3 is 0 Å². The Kier molecular flexibility index (Phi) is 4.09. The van der Waals surface area contributed by atoms with Gasteiger partial charge in [0.1, 0.15) is 0 Å². The number of nitrogens with zero attached hydrogens (tertiary/aromatic N) is 1. The Hall–Kier alpha value is -3.24. The molecule has 2 aliphatic heterocycles. The van der Waals surface area contributed by atoms with Crippen LogP contribution in [0.15, 0.2) is 78.4 Å². The zero-order valence-corrected chi connectivity index (χ0v) is 21.6. The van der Waals surface area contributed by atoms with Gasteiger partial charge in [0.05, 0.1) is 0 Å². The van der Waals surface area contributed by atoms with Crippen molar-refractivity contribution in [2.75, 3.05) is 4.90 Å². The number of para-hydroxylation sites is 2. The molecule has 0 saturated carbocycles. The molecule has 3 aromatic carbocycles. The van der Waals surface area contributed by atoms with Crippen molar-refractivity contribution >= 4 is 66.5 Å². The number of carbonyl (C=O) groups excluding carboxylic acids is 2. The summed E-state index contributed by atoms with van der Waals surface area (Å²) in [5, 5.41) is 2.96. The van der Waals surface area contributed by atoms with Crippen LogP contribution in [-0.4, -0.2) is 34.1 Å². The minimum absolute atomic E-state index is 0.0125. The van der Waals surface area contributed by atoms with Gasteiger partial charge in [0, 0.05) is 0 Å². The summed E-state index contributed by atoms with van der Waals surface area (Å²) in [4.78, 5) is 28.4. The van der Waals surface area contributed by atoms with Gasteiger partial charge in [-0.1, -0.05) is 0 Å². The monoisotopic (exact) mass is 523 g/mol. The first-order valence-electron chi connectivity index (χ1n) is 11.5. The average Bonchev–Trinajstić information content (AvgIpc) is 3.35. The number of benzene rings is 3. The van der Waals surface area contributed by atoms with Crippen LogP contribution in [0, 0.1) is 0 Å². The van der Waals surface area contributed by atoms with Crippen LogP contribution in [0.2, 0.25) is 13.1 Å². The summed E-state index contributed by atoms with van der Waals surface area (Å²) >= 11 is 0.0125. The molecule has 0 unspecified atom stereocenters. The summed E-state index contributed by atoms with van der Waals surface area (Å²) in [6, 6.07) is 25.0. The molecule has 0 radical (unpaired) electrons. The van der Waals surface area contributed by atoms with Crippen LogP contribution in [0.5, 0.6) is 0 Å². The molecule has 5 heteroatoms. The van der Waals surface area contributed by atoms with Gasteiger partial charge in [-0.15, -0.1) is 0 Å². The second kappa shape index (κ2) is 6.89. The van der Waals surface area contributed by atoms with Gasteiger partial charge in [0.25, 0.3) is 0 Å². The van der Waals surface area contributed by atoms with E-state index in [0.717, 1.165) is 10.9 Å². The van der Waals surface area contributed by atoms with E-state index >= 15 is 0 Å². The summed E-state index contributed by atoms with van der Waals surface area (Å²) in [5.74, 6) is -0.298. The average molecular weight is 523 g/mol. The topological polar surface area (TPSA) is 37.4 Å². The molecular weight excluding hydrogens is 501 g/mol. The summed E-state index contributed by atoms with van der Waals surface area (Å²) in [5.41, 5.74) is 6.71. The number of rotatable bonds is 1. The van der Waals surface area contributed by atoms with Crippen LogP contribution in [0.25, 0.3) is 6.08 Å². The van der Waals surface area contributed by atoms with Crippen LogP contribution in [0.3, 0.4) is 0 Å². The maximum atomic E-state index is 13.0. The predicted molar refractivity (Wildman–Crippen MR) is 141 cm³/mol. The maximum absolute atomic E-state index is 13.0. The van der Waals surface area contributed by atoms with Crippen molar-refractivity contribution in [2.45, 2.75) is 19.5 Å². The fourth-order valence-corrected chi connectivity index (χ4v) is 11.2. The first kappa shape index (κ1) is 20.2. The van der Waals surface area contributed by atoms with Gasteiger partial charge in [0.15, 0.2) is 0 Å². The second-order valence-electron chi connectivity index (χ2n) is 9.71. The third-order valence-corrected chi connectivity index (χ3v) is 13.3. The molecule has 0 N–H and O–H groups in total. The van der Waals surface area contributed by atoms with E-state index in [9.17, 15) is 9.59 Å². The number of allylic oxidation sites excluding steroid dienone is 1. The van der Waals surface area contributed by atoms with E-state index in [4.69, 9.17) is 0 Å². The normalized spacial score (nSPS) is 16.6. The van der Waals surface area contributed by atoms with E-state index in [0.29, 0.717) is 16.7 Å². The van der Waals surface area contributed by atoms with Crippen LogP contribution >= 0.6 is 0 Å². The zero-order valence-electron chi connectivity index (χ0n) is 18.9. The minimum atomic E-state index is -1.81. The third kappa shape index (κ3) is 2.57. The van der Waals surface area contributed by atoms with Gasteiger partial charge in [-0.2, -0.15) is 0 Å². The zero-order chi connectivity index (χ0) is 23.2. The summed E-state index contributed by atoms with van der Waals surface area (Å²) in [6.07, 6.45) is 2.77. The van der Waals surface area contributed by atoms with Gasteiger partial charge in [0.2, 0.25) is 0 Å². The number of hydrogen-bond acceptors (Lipinski definition) is 3. The first-order chi connectivity index (χ1) is 16.4. The molecule has 7 rings (SSSR count). The standard InChI is InChI=1S/C29H21NO2SeSi/c1-34(2)24-12-6-5-11-23(24)30-26-17(8-7-13-25(26)34)14-18-15-19(33-29(18)30)16-22-27(31)20-9-3-4-10-21(20)28(22)32/h3-13,15-16H,14H2,1-2H3. The molecule has 0 spiro atoms. The molecule has 1 aliphatic carbocycles. The Bertz CT molecular complexity index is 1570. The molecule has 3 nitrogen and oxygen atoms in total. The fraction of sp³-hybridized carbons (Fsp3) is 0.103. The van der Waals surface area contributed by atoms with Crippen molar-refractivity contribution in [2.24, 2.45) is 0 Å². The molecule has 0 amide bonds. The number of Topliss-reactive ketones (excluding diaryl/α,β-unsaturated/α-hetero) is 2. The van der Waals surface area contributed by atoms with Crippen molar-refractivity contribution in [3.8, 4) is 0 Å². The summed E-state index contributed by atoms with van der Waals surface area (Å²) in [6.45, 7) is 4.90. The first-order valence-corrected chi connectivity index (χ1v) is 16.2. The van der Waals surface area contributed by atoms with Crippen molar-refractivity contribution in [1.29, 1.82) is 0 Å². The van der Waals surface area contributed by atoms with Gasteiger partial charge in [-0.05, 0) is 0 Å². The van der Waals surface area contributed by atoms with Crippen LogP contribution in [0.1, 0.15) is 36.3 Å². The Morgan fingerprint density at radius 2 is 1.50 bits per heavy atom. The second-order valence-corrected chi connectivity index (χ2v) is 16.3. The van der Waals surface area contributed by atoms with Crippen molar-refractivity contribution < 1.29 is 9.59 Å². The van der Waals surface area contributed by atoms with Crippen molar-refractivity contribution in [1.82, 2.24) is 0 Å². The third-order valence-electron chi connectivity index (χ3n) is 7.42. The molecule has 0 bridgehead atoms. The Labute approximate surface area is 205 Å². The van der Waals surface area contributed by atoms with Gasteiger partial charge in [-0.3, -0.25) is 0 Å². The molecule has 0 atom stereocenters. The van der Waals surface area contributed by atoms with Crippen molar-refractivity contribution in [3.05, 3.63) is 105 Å². The molecule has 34 heavy (non-hydrogen) atoms. The molecule has 164 valence electrons. The van der Waals surface area contributed by atoms with Crippen molar-refractivity contribution in [3.63, 3.8) is 0 Å². The molecule has 3 heterocycles. The van der Waals surface area contributed by atoms with Crippen LogP contribution in [-0.2, 0) is 6.42 Å². The van der Waals surface area contributed by atoms with E-state index in [1.807, 2.05) is 18.2 Å².